The van der Waals surface area contributed by atoms with Gasteiger partial charge in [-0.3, -0.25) is 0 Å². The molecule has 0 aliphatic carbocycles. The highest BCUT2D eigenvalue weighted by molar-refractivity contribution is 7.09. The molecule has 1 heterocycles. The molecule has 0 unspecified atom stereocenters. The molecule has 0 saturated carbocycles. The molecule has 0 radical (unpaired) electrons. The molecule has 0 atom stereocenters. The first-order valence-corrected chi connectivity index (χ1v) is 6.22. The summed E-state index contributed by atoms with van der Waals surface area (Å²) in [5.41, 5.74) is 7.54. The van der Waals surface area contributed by atoms with Gasteiger partial charge in [-0.2, -0.15) is 0 Å². The first kappa shape index (κ1) is 11.9. The van der Waals surface area contributed by atoms with E-state index in [1.54, 1.807) is 30.5 Å². The summed E-state index contributed by atoms with van der Waals surface area (Å²) in [7, 11) is 0. The van der Waals surface area contributed by atoms with E-state index in [0.29, 0.717) is 11.3 Å². The van der Waals surface area contributed by atoms with Crippen LogP contribution in [0, 0.1) is 12.7 Å². The van der Waals surface area contributed by atoms with Gasteiger partial charge in [0.15, 0.2) is 0 Å². The second-order valence-corrected chi connectivity index (χ2v) is 4.77. The van der Waals surface area contributed by atoms with E-state index in [9.17, 15) is 4.39 Å². The van der Waals surface area contributed by atoms with Crippen LogP contribution in [-0.2, 0) is 6.42 Å². The molecule has 3 nitrogen and oxygen atoms in total. The molecule has 0 bridgehead atoms. The number of benzene rings is 1. The fourth-order valence-electron chi connectivity index (χ4n) is 1.53. The van der Waals surface area contributed by atoms with Crippen molar-refractivity contribution in [3.8, 4) is 0 Å². The molecular weight excluding hydrogens is 237 g/mol. The highest BCUT2D eigenvalue weighted by Gasteiger charge is 2.04. The van der Waals surface area contributed by atoms with Crippen molar-refractivity contribution < 1.29 is 4.39 Å². The Morgan fingerprint density at radius 3 is 3.00 bits per heavy atom. The molecule has 0 saturated heterocycles. The van der Waals surface area contributed by atoms with E-state index in [1.807, 2.05) is 5.38 Å². The first-order valence-electron chi connectivity index (χ1n) is 5.34. The number of anilines is 2. The molecule has 90 valence electrons. The molecular formula is C12H14FN3S. The second-order valence-electron chi connectivity index (χ2n) is 3.79. The van der Waals surface area contributed by atoms with Gasteiger partial charge in [0.05, 0.1) is 16.4 Å². The maximum absolute atomic E-state index is 13.2. The first-order chi connectivity index (χ1) is 8.16. The lowest BCUT2D eigenvalue weighted by atomic mass is 10.2. The zero-order valence-electron chi connectivity index (χ0n) is 9.53. The van der Waals surface area contributed by atoms with Crippen molar-refractivity contribution in [2.75, 3.05) is 17.6 Å². The summed E-state index contributed by atoms with van der Waals surface area (Å²) in [5.74, 6) is -0.270. The molecule has 1 aromatic carbocycles. The highest BCUT2D eigenvalue weighted by Crippen LogP contribution is 2.22. The van der Waals surface area contributed by atoms with Crippen molar-refractivity contribution in [2.45, 2.75) is 13.3 Å². The Labute approximate surface area is 103 Å². The average Bonchev–Trinajstić information content (AvgIpc) is 2.78. The number of rotatable bonds is 4. The van der Waals surface area contributed by atoms with Gasteiger partial charge in [-0.15, -0.1) is 11.3 Å². The second kappa shape index (κ2) is 5.14. The predicted molar refractivity (Wildman–Crippen MR) is 69.9 cm³/mol. The van der Waals surface area contributed by atoms with Gasteiger partial charge in [-0.1, -0.05) is 0 Å². The Morgan fingerprint density at radius 1 is 1.47 bits per heavy atom. The van der Waals surface area contributed by atoms with Gasteiger partial charge in [0, 0.05) is 24.5 Å². The lowest BCUT2D eigenvalue weighted by Gasteiger charge is -2.10. The summed E-state index contributed by atoms with van der Waals surface area (Å²) >= 11 is 1.63. The maximum Gasteiger partial charge on any atom is 0.128 e. The van der Waals surface area contributed by atoms with Crippen molar-refractivity contribution in [3.05, 3.63) is 40.1 Å². The monoisotopic (exact) mass is 251 g/mol. The number of halogens is 1. The number of aromatic nitrogens is 1. The van der Waals surface area contributed by atoms with Crippen LogP contribution in [0.5, 0.6) is 0 Å². The van der Waals surface area contributed by atoms with Crippen LogP contribution in [0.1, 0.15) is 10.6 Å². The van der Waals surface area contributed by atoms with E-state index in [-0.39, 0.29) is 5.82 Å². The van der Waals surface area contributed by atoms with Gasteiger partial charge in [-0.05, 0) is 24.6 Å². The number of nitrogens with zero attached hydrogens (tertiary/aromatic N) is 1. The molecule has 3 N–H and O–H groups in total. The van der Waals surface area contributed by atoms with Crippen molar-refractivity contribution in [1.29, 1.82) is 0 Å². The zero-order chi connectivity index (χ0) is 12.3. The van der Waals surface area contributed by atoms with E-state index in [0.717, 1.165) is 23.7 Å². The van der Waals surface area contributed by atoms with E-state index in [2.05, 4.69) is 10.3 Å². The number of hydrogen-bond donors (Lipinski definition) is 2. The average molecular weight is 251 g/mol. The SMILES string of the molecule is Cc1cc(NCCc2nccs2)c(N)cc1F. The number of thiazole rings is 1. The van der Waals surface area contributed by atoms with Crippen molar-refractivity contribution >= 4 is 22.7 Å². The Morgan fingerprint density at radius 2 is 2.29 bits per heavy atom. The van der Waals surface area contributed by atoms with Crippen LogP contribution in [0.4, 0.5) is 15.8 Å². The fraction of sp³-hybridized carbons (Fsp3) is 0.250. The van der Waals surface area contributed by atoms with Gasteiger partial charge >= 0.3 is 0 Å². The Hall–Kier alpha value is -1.62. The Kier molecular flexibility index (Phi) is 3.58. The highest BCUT2D eigenvalue weighted by atomic mass is 32.1. The zero-order valence-corrected chi connectivity index (χ0v) is 10.4. The molecule has 17 heavy (non-hydrogen) atoms. The third kappa shape index (κ3) is 2.94. The number of hydrogen-bond acceptors (Lipinski definition) is 4. The van der Waals surface area contributed by atoms with Crippen LogP contribution in [-0.4, -0.2) is 11.5 Å². The quantitative estimate of drug-likeness (QED) is 0.821. The van der Waals surface area contributed by atoms with Gasteiger partial charge in [0.25, 0.3) is 0 Å². The summed E-state index contributed by atoms with van der Waals surface area (Å²) in [5, 5.41) is 6.22. The van der Waals surface area contributed by atoms with Crippen molar-refractivity contribution in [1.82, 2.24) is 4.98 Å². The van der Waals surface area contributed by atoms with E-state index >= 15 is 0 Å². The molecule has 1 aromatic heterocycles. The third-order valence-electron chi connectivity index (χ3n) is 2.47. The largest absolute Gasteiger partial charge is 0.397 e. The number of nitrogens with two attached hydrogens (primary N) is 1. The summed E-state index contributed by atoms with van der Waals surface area (Å²) < 4.78 is 13.2. The normalized spacial score (nSPS) is 10.5. The van der Waals surface area contributed by atoms with Crippen LogP contribution in [0.3, 0.4) is 0 Å². The van der Waals surface area contributed by atoms with Gasteiger partial charge in [0.2, 0.25) is 0 Å². The number of nitrogen functional groups attached to an aromatic ring is 1. The molecule has 0 spiro atoms. The minimum Gasteiger partial charge on any atom is -0.397 e. The van der Waals surface area contributed by atoms with Crippen LogP contribution < -0.4 is 11.1 Å². The fourth-order valence-corrected chi connectivity index (χ4v) is 2.15. The number of aryl methyl sites for hydroxylation is 1. The third-order valence-corrected chi connectivity index (χ3v) is 3.31. The predicted octanol–water partition coefficient (Wildman–Crippen LogP) is 2.83. The lowest BCUT2D eigenvalue weighted by Crippen LogP contribution is -2.07. The summed E-state index contributed by atoms with van der Waals surface area (Å²) in [6.45, 7) is 2.46. The minimum atomic E-state index is -0.270. The lowest BCUT2D eigenvalue weighted by molar-refractivity contribution is 0.619. The van der Waals surface area contributed by atoms with Crippen molar-refractivity contribution in [3.63, 3.8) is 0 Å². The van der Waals surface area contributed by atoms with Crippen LogP contribution in [0.15, 0.2) is 23.7 Å². The Balaban J connectivity index is 1.97. The van der Waals surface area contributed by atoms with Crippen LogP contribution in [0.2, 0.25) is 0 Å². The van der Waals surface area contributed by atoms with Gasteiger partial charge < -0.3 is 11.1 Å². The van der Waals surface area contributed by atoms with Crippen LogP contribution in [0.25, 0.3) is 0 Å². The molecule has 5 heteroatoms. The van der Waals surface area contributed by atoms with Crippen LogP contribution >= 0.6 is 11.3 Å². The molecule has 0 aliphatic heterocycles. The van der Waals surface area contributed by atoms with Gasteiger partial charge in [0.1, 0.15) is 5.82 Å². The maximum atomic E-state index is 13.2. The van der Waals surface area contributed by atoms with E-state index in [1.165, 1.54) is 6.07 Å². The molecule has 0 aliphatic rings. The standard InChI is InChI=1S/C12H14FN3S/c1-8-6-11(10(14)7-9(8)13)15-3-2-12-16-4-5-17-12/h4-7,15H,2-3,14H2,1H3. The molecule has 2 aromatic rings. The topological polar surface area (TPSA) is 50.9 Å². The van der Waals surface area contributed by atoms with Gasteiger partial charge in [-0.25, -0.2) is 9.37 Å². The number of nitrogens with one attached hydrogen (secondary N) is 1. The Bertz CT molecular complexity index is 497. The molecule has 0 amide bonds. The minimum absolute atomic E-state index is 0.270. The van der Waals surface area contributed by atoms with E-state index in [4.69, 9.17) is 5.73 Å². The van der Waals surface area contributed by atoms with E-state index < -0.39 is 0 Å². The molecule has 2 rings (SSSR count). The summed E-state index contributed by atoms with van der Waals surface area (Å²) in [6, 6.07) is 3.08. The molecule has 0 fully saturated rings. The van der Waals surface area contributed by atoms with Crippen molar-refractivity contribution in [2.24, 2.45) is 0 Å². The summed E-state index contributed by atoms with van der Waals surface area (Å²) in [6.07, 6.45) is 2.63. The smallest absolute Gasteiger partial charge is 0.128 e. The summed E-state index contributed by atoms with van der Waals surface area (Å²) in [4.78, 5) is 4.19.